The highest BCUT2D eigenvalue weighted by Crippen LogP contribution is 1.90. The Balaban J connectivity index is 3.17. The molecular weight excluding hydrogens is 114 g/mol. The molecule has 0 rings (SSSR count). The Bertz CT molecular complexity index is 88.9. The van der Waals surface area contributed by atoms with Crippen molar-refractivity contribution in [3.8, 4) is 0 Å². The maximum absolute atomic E-state index is 5.23. The maximum Gasteiger partial charge on any atom is 0.0859 e. The molecule has 0 heterocycles. The van der Waals surface area contributed by atoms with Gasteiger partial charge in [0.1, 0.15) is 0 Å². The highest BCUT2D eigenvalue weighted by Gasteiger charge is 1.92. The second-order valence-electron chi connectivity index (χ2n) is 2.21. The van der Waals surface area contributed by atoms with Crippen LogP contribution in [0, 0.1) is 0 Å². The molecule has 9 heavy (non-hydrogen) atoms. The molecular formula is C7H15NO. The SMILES string of the molecule is C=C(COC(C)C)NC. The molecule has 0 aliphatic carbocycles. The maximum atomic E-state index is 5.23. The van der Waals surface area contributed by atoms with Gasteiger partial charge in [-0.05, 0) is 13.8 Å². The quantitative estimate of drug-likeness (QED) is 0.614. The van der Waals surface area contributed by atoms with Crippen LogP contribution in [0.4, 0.5) is 0 Å². The summed E-state index contributed by atoms with van der Waals surface area (Å²) in [5, 5.41) is 2.90. The van der Waals surface area contributed by atoms with Crippen molar-refractivity contribution in [2.24, 2.45) is 0 Å². The van der Waals surface area contributed by atoms with Gasteiger partial charge in [-0.2, -0.15) is 0 Å². The lowest BCUT2D eigenvalue weighted by atomic mass is 10.4. The van der Waals surface area contributed by atoms with E-state index < -0.39 is 0 Å². The lowest BCUT2D eigenvalue weighted by Crippen LogP contribution is -2.13. The van der Waals surface area contributed by atoms with E-state index in [9.17, 15) is 0 Å². The average Bonchev–Trinajstić information content (AvgIpc) is 1.83. The first-order valence-corrected chi connectivity index (χ1v) is 3.14. The number of rotatable bonds is 4. The smallest absolute Gasteiger partial charge is 0.0859 e. The van der Waals surface area contributed by atoms with Gasteiger partial charge in [0.2, 0.25) is 0 Å². The Morgan fingerprint density at radius 3 is 2.56 bits per heavy atom. The predicted octanol–water partition coefficient (Wildman–Crippen LogP) is 1.14. The largest absolute Gasteiger partial charge is 0.390 e. The van der Waals surface area contributed by atoms with Gasteiger partial charge in [0.25, 0.3) is 0 Å². The number of likely N-dealkylation sites (N-methyl/N-ethyl adjacent to an activating group) is 1. The number of nitrogens with one attached hydrogen (secondary N) is 1. The Morgan fingerprint density at radius 1 is 1.67 bits per heavy atom. The van der Waals surface area contributed by atoms with Crippen LogP contribution in [0.25, 0.3) is 0 Å². The number of hydrogen-bond acceptors (Lipinski definition) is 2. The lowest BCUT2D eigenvalue weighted by molar-refractivity contribution is 0.0949. The van der Waals surface area contributed by atoms with Gasteiger partial charge in [0.15, 0.2) is 0 Å². The van der Waals surface area contributed by atoms with Gasteiger partial charge in [-0.1, -0.05) is 6.58 Å². The molecule has 0 aliphatic rings. The zero-order chi connectivity index (χ0) is 7.28. The first kappa shape index (κ1) is 8.50. The Labute approximate surface area is 56.9 Å². The number of hydrogen-bond donors (Lipinski definition) is 1. The average molecular weight is 129 g/mol. The predicted molar refractivity (Wildman–Crippen MR) is 39.3 cm³/mol. The highest BCUT2D eigenvalue weighted by atomic mass is 16.5. The van der Waals surface area contributed by atoms with Crippen LogP contribution in [0.2, 0.25) is 0 Å². The molecule has 54 valence electrons. The Kier molecular flexibility index (Phi) is 4.14. The molecule has 0 bridgehead atoms. The van der Waals surface area contributed by atoms with E-state index in [-0.39, 0.29) is 6.10 Å². The normalized spacial score (nSPS) is 9.78. The molecule has 0 aromatic heterocycles. The molecule has 0 aromatic rings. The third-order valence-electron chi connectivity index (χ3n) is 0.944. The summed E-state index contributed by atoms with van der Waals surface area (Å²) in [6.45, 7) is 8.32. The van der Waals surface area contributed by atoms with Crippen molar-refractivity contribution in [2.75, 3.05) is 13.7 Å². The molecule has 0 spiro atoms. The van der Waals surface area contributed by atoms with Gasteiger partial charge in [-0.25, -0.2) is 0 Å². The highest BCUT2D eigenvalue weighted by molar-refractivity contribution is 4.88. The monoisotopic (exact) mass is 129 g/mol. The second kappa shape index (κ2) is 4.39. The van der Waals surface area contributed by atoms with Crippen LogP contribution in [0.3, 0.4) is 0 Å². The molecule has 0 aliphatic heterocycles. The van der Waals surface area contributed by atoms with Crippen LogP contribution in [-0.2, 0) is 4.74 Å². The minimum Gasteiger partial charge on any atom is -0.390 e. The van der Waals surface area contributed by atoms with Crippen LogP contribution in [0.1, 0.15) is 13.8 Å². The van der Waals surface area contributed by atoms with Crippen molar-refractivity contribution in [3.63, 3.8) is 0 Å². The molecule has 0 saturated carbocycles. The zero-order valence-electron chi connectivity index (χ0n) is 6.40. The minimum absolute atomic E-state index is 0.287. The Morgan fingerprint density at radius 2 is 2.22 bits per heavy atom. The summed E-state index contributed by atoms with van der Waals surface area (Å²) in [5.41, 5.74) is 0.920. The molecule has 0 atom stereocenters. The number of ether oxygens (including phenoxy) is 1. The summed E-state index contributed by atoms with van der Waals surface area (Å²) in [4.78, 5) is 0. The van der Waals surface area contributed by atoms with Gasteiger partial charge in [-0.15, -0.1) is 0 Å². The van der Waals surface area contributed by atoms with E-state index in [4.69, 9.17) is 4.74 Å². The second-order valence-corrected chi connectivity index (χ2v) is 2.21. The molecule has 0 aromatic carbocycles. The summed E-state index contributed by atoms with van der Waals surface area (Å²) in [7, 11) is 1.84. The van der Waals surface area contributed by atoms with Gasteiger partial charge in [0.05, 0.1) is 12.7 Å². The van der Waals surface area contributed by atoms with Crippen LogP contribution < -0.4 is 5.32 Å². The van der Waals surface area contributed by atoms with Crippen molar-refractivity contribution < 1.29 is 4.74 Å². The summed E-state index contributed by atoms with van der Waals surface area (Å²) in [6, 6.07) is 0. The summed E-state index contributed by atoms with van der Waals surface area (Å²) >= 11 is 0. The summed E-state index contributed by atoms with van der Waals surface area (Å²) in [6.07, 6.45) is 0.287. The lowest BCUT2D eigenvalue weighted by Gasteiger charge is -2.08. The standard InChI is InChI=1S/C7H15NO/c1-6(2)9-5-7(3)8-4/h6,8H,3,5H2,1-2,4H3. The molecule has 2 heteroatoms. The summed E-state index contributed by atoms with van der Waals surface area (Å²) < 4.78 is 5.23. The zero-order valence-corrected chi connectivity index (χ0v) is 6.40. The molecule has 2 nitrogen and oxygen atoms in total. The Hall–Kier alpha value is -0.500. The van der Waals surface area contributed by atoms with E-state index in [2.05, 4.69) is 11.9 Å². The molecule has 0 radical (unpaired) electrons. The van der Waals surface area contributed by atoms with E-state index in [1.54, 1.807) is 0 Å². The molecule has 1 N–H and O–H groups in total. The van der Waals surface area contributed by atoms with Crippen molar-refractivity contribution in [2.45, 2.75) is 20.0 Å². The summed E-state index contributed by atoms with van der Waals surface area (Å²) in [5.74, 6) is 0. The van der Waals surface area contributed by atoms with E-state index in [0.29, 0.717) is 6.61 Å². The first-order chi connectivity index (χ1) is 4.16. The van der Waals surface area contributed by atoms with Crippen LogP contribution >= 0.6 is 0 Å². The van der Waals surface area contributed by atoms with Gasteiger partial charge >= 0.3 is 0 Å². The fourth-order valence-corrected chi connectivity index (χ4v) is 0.339. The van der Waals surface area contributed by atoms with Gasteiger partial charge < -0.3 is 10.1 Å². The van der Waals surface area contributed by atoms with E-state index in [1.165, 1.54) is 0 Å². The van der Waals surface area contributed by atoms with Crippen molar-refractivity contribution >= 4 is 0 Å². The van der Waals surface area contributed by atoms with Crippen molar-refractivity contribution in [3.05, 3.63) is 12.3 Å². The third kappa shape index (κ3) is 5.37. The minimum atomic E-state index is 0.287. The van der Waals surface area contributed by atoms with E-state index in [0.717, 1.165) is 5.70 Å². The van der Waals surface area contributed by atoms with Crippen molar-refractivity contribution in [1.29, 1.82) is 0 Å². The fraction of sp³-hybridized carbons (Fsp3) is 0.714. The molecule has 0 unspecified atom stereocenters. The topological polar surface area (TPSA) is 21.3 Å². The van der Waals surface area contributed by atoms with Crippen LogP contribution in [-0.4, -0.2) is 19.8 Å². The van der Waals surface area contributed by atoms with Crippen LogP contribution in [0.5, 0.6) is 0 Å². The van der Waals surface area contributed by atoms with Gasteiger partial charge in [0, 0.05) is 12.7 Å². The first-order valence-electron chi connectivity index (χ1n) is 3.14. The van der Waals surface area contributed by atoms with Gasteiger partial charge in [-0.3, -0.25) is 0 Å². The fourth-order valence-electron chi connectivity index (χ4n) is 0.339. The third-order valence-corrected chi connectivity index (χ3v) is 0.944. The molecule has 0 saturated heterocycles. The van der Waals surface area contributed by atoms with E-state index in [1.807, 2.05) is 20.9 Å². The molecule has 0 amide bonds. The van der Waals surface area contributed by atoms with Crippen LogP contribution in [0.15, 0.2) is 12.3 Å². The van der Waals surface area contributed by atoms with E-state index >= 15 is 0 Å². The van der Waals surface area contributed by atoms with Crippen molar-refractivity contribution in [1.82, 2.24) is 5.32 Å². The molecule has 0 fully saturated rings.